The average Bonchev–Trinajstić information content (AvgIpc) is 2.94. The second-order valence-electron chi connectivity index (χ2n) is 5.98. The molecule has 1 unspecified atom stereocenters. The van der Waals surface area contributed by atoms with Crippen LogP contribution < -0.4 is 10.1 Å². The summed E-state index contributed by atoms with van der Waals surface area (Å²) in [5.41, 5.74) is 1.35. The molecule has 19 heavy (non-hydrogen) atoms. The molecule has 0 amide bonds. The molecule has 2 heteroatoms. The molecule has 2 rings (SSSR count). The number of ether oxygens (including phenoxy) is 1. The zero-order valence-corrected chi connectivity index (χ0v) is 12.5. The highest BCUT2D eigenvalue weighted by molar-refractivity contribution is 5.30. The maximum absolute atomic E-state index is 6.00. The molecule has 0 aliphatic heterocycles. The summed E-state index contributed by atoms with van der Waals surface area (Å²) in [5, 5.41) is 3.43. The van der Waals surface area contributed by atoms with E-state index < -0.39 is 0 Å². The van der Waals surface area contributed by atoms with E-state index in [1.54, 1.807) is 0 Å². The lowest BCUT2D eigenvalue weighted by molar-refractivity contribution is 0.224. The van der Waals surface area contributed by atoms with Crippen molar-refractivity contribution in [1.82, 2.24) is 5.32 Å². The fourth-order valence-corrected chi connectivity index (χ4v) is 2.96. The third-order valence-electron chi connectivity index (χ3n) is 4.29. The molecule has 2 nitrogen and oxygen atoms in total. The van der Waals surface area contributed by atoms with Crippen LogP contribution in [0.5, 0.6) is 5.75 Å². The van der Waals surface area contributed by atoms with Crippen LogP contribution in [-0.2, 0) is 0 Å². The van der Waals surface area contributed by atoms with Crippen molar-refractivity contribution in [2.24, 2.45) is 5.92 Å². The predicted octanol–water partition coefficient (Wildman–Crippen LogP) is 3.97. The van der Waals surface area contributed by atoms with E-state index in [9.17, 15) is 0 Å². The van der Waals surface area contributed by atoms with Crippen molar-refractivity contribution in [3.05, 3.63) is 29.8 Å². The van der Waals surface area contributed by atoms with Crippen LogP contribution in [0, 0.1) is 5.92 Å². The molecule has 106 valence electrons. The Labute approximate surface area is 117 Å². The SMILES string of the molecule is CNC(COc1cccc(C(C)C)c1)C1CCCC1. The average molecular weight is 261 g/mol. The lowest BCUT2D eigenvalue weighted by Crippen LogP contribution is -2.37. The van der Waals surface area contributed by atoms with E-state index in [0.29, 0.717) is 12.0 Å². The summed E-state index contributed by atoms with van der Waals surface area (Å²) in [6, 6.07) is 8.99. The van der Waals surface area contributed by atoms with Crippen molar-refractivity contribution >= 4 is 0 Å². The van der Waals surface area contributed by atoms with E-state index in [-0.39, 0.29) is 0 Å². The highest BCUT2D eigenvalue weighted by atomic mass is 16.5. The first-order chi connectivity index (χ1) is 9.20. The first kappa shape index (κ1) is 14.4. The summed E-state index contributed by atoms with van der Waals surface area (Å²) in [5.74, 6) is 2.35. The summed E-state index contributed by atoms with van der Waals surface area (Å²) in [6.45, 7) is 5.21. The van der Waals surface area contributed by atoms with E-state index >= 15 is 0 Å². The number of rotatable bonds is 6. The molecule has 1 fully saturated rings. The molecular weight excluding hydrogens is 234 g/mol. The quantitative estimate of drug-likeness (QED) is 0.836. The van der Waals surface area contributed by atoms with Crippen molar-refractivity contribution in [3.63, 3.8) is 0 Å². The highest BCUT2D eigenvalue weighted by Crippen LogP contribution is 2.28. The van der Waals surface area contributed by atoms with E-state index in [1.807, 2.05) is 0 Å². The molecule has 0 radical (unpaired) electrons. The number of hydrogen-bond acceptors (Lipinski definition) is 2. The molecule has 0 bridgehead atoms. The van der Waals surface area contributed by atoms with Gasteiger partial charge in [0, 0.05) is 6.04 Å². The summed E-state index contributed by atoms with van der Waals surface area (Å²) < 4.78 is 6.00. The largest absolute Gasteiger partial charge is 0.492 e. The molecule has 1 aliphatic carbocycles. The molecule has 0 aromatic heterocycles. The Morgan fingerprint density at radius 1 is 1.26 bits per heavy atom. The Morgan fingerprint density at radius 3 is 2.63 bits per heavy atom. The van der Waals surface area contributed by atoms with Crippen molar-refractivity contribution in [1.29, 1.82) is 0 Å². The standard InChI is InChI=1S/C17H27NO/c1-13(2)15-9-6-10-16(11-15)19-12-17(18-3)14-7-4-5-8-14/h6,9-11,13-14,17-18H,4-5,7-8,12H2,1-3H3. The lowest BCUT2D eigenvalue weighted by Gasteiger charge is -2.23. The first-order valence-corrected chi connectivity index (χ1v) is 7.60. The molecule has 1 aromatic carbocycles. The first-order valence-electron chi connectivity index (χ1n) is 7.60. The molecule has 1 N–H and O–H groups in total. The van der Waals surface area contributed by atoms with Gasteiger partial charge >= 0.3 is 0 Å². The Bertz CT molecular complexity index is 383. The van der Waals surface area contributed by atoms with Crippen LogP contribution in [0.2, 0.25) is 0 Å². The van der Waals surface area contributed by atoms with Gasteiger partial charge < -0.3 is 10.1 Å². The van der Waals surface area contributed by atoms with Gasteiger partial charge in [0.1, 0.15) is 12.4 Å². The third-order valence-corrected chi connectivity index (χ3v) is 4.29. The molecule has 0 spiro atoms. The van der Waals surface area contributed by atoms with Crippen LogP contribution in [0.1, 0.15) is 51.0 Å². The number of likely N-dealkylation sites (N-methyl/N-ethyl adjacent to an activating group) is 1. The molecule has 1 saturated carbocycles. The summed E-state index contributed by atoms with van der Waals surface area (Å²) in [7, 11) is 2.05. The molecule has 1 aliphatic rings. The van der Waals surface area contributed by atoms with E-state index in [4.69, 9.17) is 4.74 Å². The van der Waals surface area contributed by atoms with Crippen molar-refractivity contribution in [2.45, 2.75) is 51.5 Å². The van der Waals surface area contributed by atoms with E-state index in [1.165, 1.54) is 31.2 Å². The van der Waals surface area contributed by atoms with Crippen LogP contribution in [0.3, 0.4) is 0 Å². The summed E-state index contributed by atoms with van der Waals surface area (Å²) >= 11 is 0. The lowest BCUT2D eigenvalue weighted by atomic mass is 9.99. The molecule has 1 atom stereocenters. The van der Waals surface area contributed by atoms with Crippen LogP contribution in [-0.4, -0.2) is 19.7 Å². The van der Waals surface area contributed by atoms with Gasteiger partial charge in [0.25, 0.3) is 0 Å². The topological polar surface area (TPSA) is 21.3 Å². The summed E-state index contributed by atoms with van der Waals surface area (Å²) in [6.07, 6.45) is 5.46. The molecule has 0 heterocycles. The van der Waals surface area contributed by atoms with Gasteiger partial charge in [-0.25, -0.2) is 0 Å². The Balaban J connectivity index is 1.91. The molecule has 1 aromatic rings. The van der Waals surface area contributed by atoms with Crippen molar-refractivity contribution in [3.8, 4) is 5.75 Å². The van der Waals surface area contributed by atoms with Gasteiger partial charge in [0.15, 0.2) is 0 Å². The minimum Gasteiger partial charge on any atom is -0.492 e. The van der Waals surface area contributed by atoms with E-state index in [0.717, 1.165) is 18.3 Å². The predicted molar refractivity (Wildman–Crippen MR) is 80.8 cm³/mol. The van der Waals surface area contributed by atoms with Crippen LogP contribution in [0.15, 0.2) is 24.3 Å². The summed E-state index contributed by atoms with van der Waals surface area (Å²) in [4.78, 5) is 0. The van der Waals surface area contributed by atoms with Crippen LogP contribution in [0.25, 0.3) is 0 Å². The van der Waals surface area contributed by atoms with E-state index in [2.05, 4.69) is 50.5 Å². The maximum Gasteiger partial charge on any atom is 0.119 e. The van der Waals surface area contributed by atoms with Gasteiger partial charge in [-0.2, -0.15) is 0 Å². The van der Waals surface area contributed by atoms with Gasteiger partial charge in [-0.15, -0.1) is 0 Å². The number of hydrogen-bond donors (Lipinski definition) is 1. The zero-order chi connectivity index (χ0) is 13.7. The van der Waals surface area contributed by atoms with Crippen molar-refractivity contribution < 1.29 is 4.74 Å². The third kappa shape index (κ3) is 3.97. The van der Waals surface area contributed by atoms with Gasteiger partial charge in [0.2, 0.25) is 0 Å². The smallest absolute Gasteiger partial charge is 0.119 e. The fourth-order valence-electron chi connectivity index (χ4n) is 2.96. The number of benzene rings is 1. The molecular formula is C17H27NO. The second-order valence-corrected chi connectivity index (χ2v) is 5.98. The number of nitrogens with one attached hydrogen (secondary N) is 1. The van der Waals surface area contributed by atoms with Gasteiger partial charge in [0.05, 0.1) is 0 Å². The maximum atomic E-state index is 6.00. The Hall–Kier alpha value is -1.02. The Kier molecular flexibility index (Phi) is 5.26. The highest BCUT2D eigenvalue weighted by Gasteiger charge is 2.24. The molecule has 0 saturated heterocycles. The minimum absolute atomic E-state index is 0.491. The van der Waals surface area contributed by atoms with Gasteiger partial charge in [-0.1, -0.05) is 38.8 Å². The van der Waals surface area contributed by atoms with Crippen LogP contribution in [0.4, 0.5) is 0 Å². The second kappa shape index (κ2) is 6.95. The monoisotopic (exact) mass is 261 g/mol. The van der Waals surface area contributed by atoms with Crippen LogP contribution >= 0.6 is 0 Å². The van der Waals surface area contributed by atoms with Gasteiger partial charge in [-0.3, -0.25) is 0 Å². The zero-order valence-electron chi connectivity index (χ0n) is 12.5. The fraction of sp³-hybridized carbons (Fsp3) is 0.647. The van der Waals surface area contributed by atoms with Crippen molar-refractivity contribution in [2.75, 3.05) is 13.7 Å². The minimum atomic E-state index is 0.491. The normalized spacial score (nSPS) is 17.9. The van der Waals surface area contributed by atoms with Gasteiger partial charge in [-0.05, 0) is 49.4 Å². The Morgan fingerprint density at radius 2 is 2.00 bits per heavy atom.